The fourth-order valence-corrected chi connectivity index (χ4v) is 4.69. The summed E-state index contributed by atoms with van der Waals surface area (Å²) in [7, 11) is 0. The van der Waals surface area contributed by atoms with Gasteiger partial charge in [-0.3, -0.25) is 4.79 Å². The highest BCUT2D eigenvalue weighted by molar-refractivity contribution is 8.02. The van der Waals surface area contributed by atoms with E-state index in [-0.39, 0.29) is 11.2 Å². The number of aromatic nitrogens is 2. The molecule has 2 aromatic carbocycles. The Morgan fingerprint density at radius 3 is 2.43 bits per heavy atom. The molecule has 7 heteroatoms. The van der Waals surface area contributed by atoms with Gasteiger partial charge in [0.2, 0.25) is 11.0 Å². The van der Waals surface area contributed by atoms with Crippen LogP contribution in [0.15, 0.2) is 65.0 Å². The molecule has 28 heavy (non-hydrogen) atoms. The highest BCUT2D eigenvalue weighted by Gasteiger charge is 2.18. The lowest BCUT2D eigenvalue weighted by atomic mass is 9.96. The molecule has 2 atom stereocenters. The predicted octanol–water partition coefficient (Wildman–Crippen LogP) is 5.07. The molecule has 0 fully saturated rings. The van der Waals surface area contributed by atoms with E-state index in [2.05, 4.69) is 39.9 Å². The quantitative estimate of drug-likeness (QED) is 0.480. The average molecular weight is 413 g/mol. The lowest BCUT2D eigenvalue weighted by molar-refractivity contribution is -0.120. The number of nitrogens with zero attached hydrogens (tertiary/aromatic N) is 2. The summed E-state index contributed by atoms with van der Waals surface area (Å²) in [5, 5.41) is 15.1. The third kappa shape index (κ3) is 5.81. The molecule has 1 heterocycles. The van der Waals surface area contributed by atoms with Crippen molar-refractivity contribution in [3.05, 3.63) is 66.2 Å². The third-order valence-electron chi connectivity index (χ3n) is 4.36. The van der Waals surface area contributed by atoms with Crippen LogP contribution >= 0.6 is 23.1 Å². The number of anilines is 2. The summed E-state index contributed by atoms with van der Waals surface area (Å²) in [6, 6.07) is 20.1. The first kappa shape index (κ1) is 20.4. The van der Waals surface area contributed by atoms with E-state index in [1.54, 1.807) is 0 Å². The highest BCUT2D eigenvalue weighted by Crippen LogP contribution is 2.30. The molecule has 2 N–H and O–H groups in total. The van der Waals surface area contributed by atoms with Crippen molar-refractivity contribution in [3.8, 4) is 0 Å². The van der Waals surface area contributed by atoms with E-state index in [0.717, 1.165) is 21.6 Å². The molecule has 0 aliphatic carbocycles. The van der Waals surface area contributed by atoms with Gasteiger partial charge in [-0.2, -0.15) is 0 Å². The molecule has 1 aromatic heterocycles. The van der Waals surface area contributed by atoms with Crippen LogP contribution in [-0.2, 0) is 4.79 Å². The normalized spacial score (nSPS) is 12.9. The Hall–Kier alpha value is -2.38. The van der Waals surface area contributed by atoms with Crippen LogP contribution in [0.1, 0.15) is 31.7 Å². The van der Waals surface area contributed by atoms with Gasteiger partial charge in [0, 0.05) is 18.2 Å². The van der Waals surface area contributed by atoms with Crippen molar-refractivity contribution in [2.75, 3.05) is 11.9 Å². The van der Waals surface area contributed by atoms with Crippen molar-refractivity contribution >= 4 is 39.8 Å². The second-order valence-corrected chi connectivity index (χ2v) is 8.95. The summed E-state index contributed by atoms with van der Waals surface area (Å²) < 4.78 is 0.774. The van der Waals surface area contributed by atoms with Crippen molar-refractivity contribution in [1.29, 1.82) is 0 Å². The molecule has 0 saturated carbocycles. The second-order valence-electron chi connectivity index (χ2n) is 6.39. The van der Waals surface area contributed by atoms with Crippen molar-refractivity contribution in [1.82, 2.24) is 15.5 Å². The second kappa shape index (κ2) is 10.2. The Morgan fingerprint density at radius 2 is 1.75 bits per heavy atom. The summed E-state index contributed by atoms with van der Waals surface area (Å²) in [4.78, 5) is 12.5. The summed E-state index contributed by atoms with van der Waals surface area (Å²) in [6.45, 7) is 4.68. The Kier molecular flexibility index (Phi) is 7.45. The number of amides is 1. The average Bonchev–Trinajstić information content (AvgIpc) is 3.16. The molecular formula is C21H24N4OS2. The van der Waals surface area contributed by atoms with Crippen LogP contribution in [0.4, 0.5) is 10.8 Å². The van der Waals surface area contributed by atoms with Crippen LogP contribution in [0.2, 0.25) is 0 Å². The van der Waals surface area contributed by atoms with Crippen molar-refractivity contribution in [2.24, 2.45) is 0 Å². The molecule has 5 nitrogen and oxygen atoms in total. The van der Waals surface area contributed by atoms with Crippen molar-refractivity contribution < 1.29 is 4.79 Å². The Morgan fingerprint density at radius 1 is 1.07 bits per heavy atom. The lowest BCUT2D eigenvalue weighted by Gasteiger charge is -2.17. The number of benzene rings is 2. The van der Waals surface area contributed by atoms with Crippen LogP contribution in [0.3, 0.4) is 0 Å². The van der Waals surface area contributed by atoms with Crippen molar-refractivity contribution in [2.45, 2.75) is 35.8 Å². The van der Waals surface area contributed by atoms with E-state index in [0.29, 0.717) is 12.5 Å². The van der Waals surface area contributed by atoms with Gasteiger partial charge in [-0.25, -0.2) is 0 Å². The van der Waals surface area contributed by atoms with Gasteiger partial charge in [0.15, 0.2) is 4.34 Å². The number of para-hydroxylation sites is 1. The van der Waals surface area contributed by atoms with Crippen LogP contribution < -0.4 is 10.6 Å². The molecule has 0 aliphatic heterocycles. The number of thioether (sulfide) groups is 1. The van der Waals surface area contributed by atoms with Gasteiger partial charge in [0.25, 0.3) is 0 Å². The molecule has 3 rings (SSSR count). The molecule has 3 aromatic rings. The molecule has 0 aliphatic rings. The summed E-state index contributed by atoms with van der Waals surface area (Å²) in [5.74, 6) is 0.345. The van der Waals surface area contributed by atoms with Crippen LogP contribution in [0.5, 0.6) is 0 Å². The topological polar surface area (TPSA) is 66.9 Å². The standard InChI is InChI=1S/C21H24N4OS2/c1-3-16(17-10-6-4-7-11-17)14-22-19(26)15(2)27-21-25-24-20(28-21)23-18-12-8-5-9-13-18/h4-13,15-16H,3,14H2,1-2H3,(H,22,26)(H,23,24)/t15-,16+/m0/s1. The molecule has 1 amide bonds. The molecular weight excluding hydrogens is 388 g/mol. The van der Waals surface area contributed by atoms with E-state index in [9.17, 15) is 4.79 Å². The largest absolute Gasteiger partial charge is 0.355 e. The van der Waals surface area contributed by atoms with E-state index < -0.39 is 0 Å². The molecule has 0 radical (unpaired) electrons. The summed E-state index contributed by atoms with van der Waals surface area (Å²) >= 11 is 2.88. The van der Waals surface area contributed by atoms with Gasteiger partial charge >= 0.3 is 0 Å². The maximum atomic E-state index is 12.5. The SMILES string of the molecule is CC[C@H](CNC(=O)[C@H](C)Sc1nnc(Nc2ccccc2)s1)c1ccccc1. The number of carbonyl (C=O) groups is 1. The van der Waals surface area contributed by atoms with Crippen LogP contribution in [0, 0.1) is 0 Å². The predicted molar refractivity (Wildman–Crippen MR) is 117 cm³/mol. The van der Waals surface area contributed by atoms with Gasteiger partial charge in [-0.1, -0.05) is 78.6 Å². The van der Waals surface area contributed by atoms with Gasteiger partial charge in [-0.15, -0.1) is 10.2 Å². The minimum atomic E-state index is -0.231. The number of nitrogens with one attached hydrogen (secondary N) is 2. The fraction of sp³-hybridized carbons (Fsp3) is 0.286. The van der Waals surface area contributed by atoms with E-state index >= 15 is 0 Å². The first-order valence-electron chi connectivity index (χ1n) is 9.30. The van der Waals surface area contributed by atoms with Crippen molar-refractivity contribution in [3.63, 3.8) is 0 Å². The van der Waals surface area contributed by atoms with E-state index in [4.69, 9.17) is 0 Å². The fourth-order valence-electron chi connectivity index (χ4n) is 2.75. The summed E-state index contributed by atoms with van der Waals surface area (Å²) in [5.41, 5.74) is 2.22. The smallest absolute Gasteiger partial charge is 0.233 e. The molecule has 0 saturated heterocycles. The number of carbonyl (C=O) groups excluding carboxylic acids is 1. The van der Waals surface area contributed by atoms with Gasteiger partial charge in [0.1, 0.15) is 0 Å². The maximum absolute atomic E-state index is 12.5. The van der Waals surface area contributed by atoms with Crippen LogP contribution in [-0.4, -0.2) is 27.9 Å². The zero-order valence-electron chi connectivity index (χ0n) is 16.0. The third-order valence-corrected chi connectivity index (χ3v) is 6.39. The number of hydrogen-bond acceptors (Lipinski definition) is 6. The minimum Gasteiger partial charge on any atom is -0.355 e. The Bertz CT molecular complexity index is 870. The molecule has 0 bridgehead atoms. The summed E-state index contributed by atoms with van der Waals surface area (Å²) in [6.07, 6.45) is 0.983. The number of rotatable bonds is 9. The van der Waals surface area contributed by atoms with E-state index in [1.807, 2.05) is 55.5 Å². The maximum Gasteiger partial charge on any atom is 0.233 e. The number of hydrogen-bond donors (Lipinski definition) is 2. The first-order valence-corrected chi connectivity index (χ1v) is 11.0. The Balaban J connectivity index is 1.50. The van der Waals surface area contributed by atoms with E-state index in [1.165, 1.54) is 28.7 Å². The minimum absolute atomic E-state index is 0.0205. The van der Waals surface area contributed by atoms with Gasteiger partial charge in [-0.05, 0) is 31.0 Å². The van der Waals surface area contributed by atoms with Crippen LogP contribution in [0.25, 0.3) is 0 Å². The zero-order chi connectivity index (χ0) is 19.8. The van der Waals surface area contributed by atoms with Gasteiger partial charge < -0.3 is 10.6 Å². The van der Waals surface area contributed by atoms with Gasteiger partial charge in [0.05, 0.1) is 5.25 Å². The molecule has 146 valence electrons. The Labute approximate surface area is 174 Å². The lowest BCUT2D eigenvalue weighted by Crippen LogP contribution is -2.34. The highest BCUT2D eigenvalue weighted by atomic mass is 32.2. The molecule has 0 spiro atoms. The first-order chi connectivity index (χ1) is 13.7. The zero-order valence-corrected chi connectivity index (χ0v) is 17.6. The molecule has 0 unspecified atom stereocenters. The monoisotopic (exact) mass is 412 g/mol.